The smallest absolute Gasteiger partial charge is 0.258 e. The number of carbonyl (C=O) groups excluding carboxylic acids is 1. The molecule has 1 N–H and O–H groups in total. The van der Waals surface area contributed by atoms with Gasteiger partial charge in [-0.15, -0.1) is 0 Å². The number of aromatic amines is 1. The molecule has 6 heteroatoms. The first-order valence-electron chi connectivity index (χ1n) is 8.41. The number of amides is 1. The van der Waals surface area contributed by atoms with Crippen LogP contribution in [0.2, 0.25) is 0 Å². The molecule has 0 saturated carbocycles. The van der Waals surface area contributed by atoms with Crippen molar-refractivity contribution in [1.82, 2.24) is 24.7 Å². The first-order chi connectivity index (χ1) is 11.6. The van der Waals surface area contributed by atoms with E-state index in [-0.39, 0.29) is 11.9 Å². The number of nitrogens with one attached hydrogen (secondary N) is 1. The Morgan fingerprint density at radius 3 is 2.96 bits per heavy atom. The number of nitrogens with zero attached hydrogens (tertiary/aromatic N) is 4. The number of carbonyl (C=O) groups is 1. The first kappa shape index (κ1) is 14.9. The lowest BCUT2D eigenvalue weighted by molar-refractivity contribution is 0.0608. The number of H-pyrrole nitrogens is 1. The molecule has 1 atom stereocenters. The summed E-state index contributed by atoms with van der Waals surface area (Å²) in [6, 6.07) is 7.98. The zero-order valence-corrected chi connectivity index (χ0v) is 14.0. The second-order valence-corrected chi connectivity index (χ2v) is 6.51. The molecule has 3 aromatic rings. The number of likely N-dealkylation sites (tertiary alicyclic amines) is 1. The average molecular weight is 323 g/mol. The Balaban J connectivity index is 1.72. The summed E-state index contributed by atoms with van der Waals surface area (Å²) in [6.07, 6.45) is 4.79. The van der Waals surface area contributed by atoms with Gasteiger partial charge in [0, 0.05) is 17.9 Å². The number of aryl methyl sites for hydroxylation is 2. The van der Waals surface area contributed by atoms with E-state index in [9.17, 15) is 4.79 Å². The lowest BCUT2D eigenvalue weighted by Crippen LogP contribution is -2.38. The molecule has 124 valence electrons. The molecular formula is C18H21N5O. The molecule has 4 heterocycles. The van der Waals surface area contributed by atoms with Crippen LogP contribution in [-0.2, 0) is 0 Å². The van der Waals surface area contributed by atoms with Gasteiger partial charge in [0.2, 0.25) is 0 Å². The minimum absolute atomic E-state index is 0.0379. The second kappa shape index (κ2) is 5.78. The quantitative estimate of drug-likeness (QED) is 0.788. The number of fused-ring (bicyclic) bond motifs is 1. The normalized spacial score (nSPS) is 18.2. The van der Waals surface area contributed by atoms with E-state index in [1.54, 1.807) is 6.20 Å². The highest BCUT2D eigenvalue weighted by Crippen LogP contribution is 2.32. The Bertz CT molecular complexity index is 894. The predicted octanol–water partition coefficient (Wildman–Crippen LogP) is 3.04. The van der Waals surface area contributed by atoms with Crippen molar-refractivity contribution < 1.29 is 4.79 Å². The molecule has 1 fully saturated rings. The Morgan fingerprint density at radius 2 is 2.17 bits per heavy atom. The summed E-state index contributed by atoms with van der Waals surface area (Å²) in [7, 11) is 0. The molecule has 0 aromatic carbocycles. The van der Waals surface area contributed by atoms with Crippen LogP contribution in [-0.4, -0.2) is 37.2 Å². The van der Waals surface area contributed by atoms with Crippen molar-refractivity contribution in [1.29, 1.82) is 0 Å². The molecular weight excluding hydrogens is 302 g/mol. The highest BCUT2D eigenvalue weighted by atomic mass is 16.2. The summed E-state index contributed by atoms with van der Waals surface area (Å²) >= 11 is 0. The molecule has 6 nitrogen and oxygen atoms in total. The van der Waals surface area contributed by atoms with Crippen molar-refractivity contribution in [2.45, 2.75) is 39.2 Å². The average Bonchev–Trinajstić information content (AvgIpc) is 3.21. The maximum atomic E-state index is 13.2. The predicted molar refractivity (Wildman–Crippen MR) is 90.9 cm³/mol. The van der Waals surface area contributed by atoms with Gasteiger partial charge in [-0.3, -0.25) is 9.89 Å². The molecule has 1 aliphatic heterocycles. The SMILES string of the molecule is Cc1cc(C2CCCCN2C(=O)c2cnn3c(C)cccc23)n[nH]1. The number of piperidine rings is 1. The van der Waals surface area contributed by atoms with E-state index in [2.05, 4.69) is 15.3 Å². The van der Waals surface area contributed by atoms with Gasteiger partial charge in [0.15, 0.2) is 0 Å². The molecule has 0 spiro atoms. The summed E-state index contributed by atoms with van der Waals surface area (Å²) in [5.74, 6) is 0.0425. The number of aromatic nitrogens is 4. The van der Waals surface area contributed by atoms with Gasteiger partial charge in [-0.05, 0) is 51.3 Å². The van der Waals surface area contributed by atoms with E-state index in [1.165, 1.54) is 0 Å². The zero-order valence-electron chi connectivity index (χ0n) is 14.0. The van der Waals surface area contributed by atoms with Crippen LogP contribution in [0.1, 0.15) is 52.7 Å². The van der Waals surface area contributed by atoms with Crippen LogP contribution in [0.25, 0.3) is 5.52 Å². The summed E-state index contributed by atoms with van der Waals surface area (Å²) in [6.45, 7) is 4.74. The number of hydrogen-bond acceptors (Lipinski definition) is 3. The standard InChI is InChI=1S/C18H21N5O/c1-12-10-15(21-20-12)17-7-3-4-9-22(17)18(24)14-11-19-23-13(2)6-5-8-16(14)23/h5-6,8,10-11,17H,3-4,7,9H2,1-2H3,(H,20,21). The maximum absolute atomic E-state index is 13.2. The lowest BCUT2D eigenvalue weighted by atomic mass is 9.98. The number of hydrogen-bond donors (Lipinski definition) is 1. The van der Waals surface area contributed by atoms with E-state index in [4.69, 9.17) is 0 Å². The van der Waals surface area contributed by atoms with Gasteiger partial charge in [-0.1, -0.05) is 6.07 Å². The fourth-order valence-electron chi connectivity index (χ4n) is 3.56. The summed E-state index contributed by atoms with van der Waals surface area (Å²) < 4.78 is 1.82. The van der Waals surface area contributed by atoms with Crippen LogP contribution in [0.3, 0.4) is 0 Å². The Morgan fingerprint density at radius 1 is 1.29 bits per heavy atom. The zero-order chi connectivity index (χ0) is 16.7. The van der Waals surface area contributed by atoms with E-state index in [1.807, 2.05) is 47.5 Å². The second-order valence-electron chi connectivity index (χ2n) is 6.51. The fourth-order valence-corrected chi connectivity index (χ4v) is 3.56. The monoisotopic (exact) mass is 323 g/mol. The van der Waals surface area contributed by atoms with Crippen LogP contribution >= 0.6 is 0 Å². The molecule has 0 aliphatic carbocycles. The lowest BCUT2D eigenvalue weighted by Gasteiger charge is -2.34. The Hall–Kier alpha value is -2.63. The molecule has 0 bridgehead atoms. The summed E-state index contributed by atoms with van der Waals surface area (Å²) in [5, 5.41) is 11.8. The molecule has 4 rings (SSSR count). The number of pyridine rings is 1. The maximum Gasteiger partial charge on any atom is 0.258 e. The van der Waals surface area contributed by atoms with Crippen molar-refractivity contribution in [3.8, 4) is 0 Å². The molecule has 3 aromatic heterocycles. The molecule has 24 heavy (non-hydrogen) atoms. The third kappa shape index (κ3) is 2.38. The van der Waals surface area contributed by atoms with E-state index in [0.29, 0.717) is 5.56 Å². The van der Waals surface area contributed by atoms with Gasteiger partial charge >= 0.3 is 0 Å². The van der Waals surface area contributed by atoms with E-state index < -0.39 is 0 Å². The minimum atomic E-state index is 0.0379. The molecule has 1 unspecified atom stereocenters. The summed E-state index contributed by atoms with van der Waals surface area (Å²) in [5.41, 5.74) is 4.52. The van der Waals surface area contributed by atoms with Gasteiger partial charge < -0.3 is 4.90 Å². The third-order valence-electron chi connectivity index (χ3n) is 4.79. The van der Waals surface area contributed by atoms with Gasteiger partial charge in [-0.25, -0.2) is 4.52 Å². The van der Waals surface area contributed by atoms with Crippen LogP contribution in [0.4, 0.5) is 0 Å². The highest BCUT2D eigenvalue weighted by Gasteiger charge is 2.31. The van der Waals surface area contributed by atoms with Crippen molar-refractivity contribution >= 4 is 11.4 Å². The van der Waals surface area contributed by atoms with E-state index in [0.717, 1.165) is 48.4 Å². The first-order valence-corrected chi connectivity index (χ1v) is 8.41. The van der Waals surface area contributed by atoms with E-state index >= 15 is 0 Å². The fraction of sp³-hybridized carbons (Fsp3) is 0.389. The molecule has 1 saturated heterocycles. The molecule has 1 aliphatic rings. The topological polar surface area (TPSA) is 66.3 Å². The molecule has 1 amide bonds. The van der Waals surface area contributed by atoms with Crippen molar-refractivity contribution in [3.05, 3.63) is 53.1 Å². The van der Waals surface area contributed by atoms with Crippen molar-refractivity contribution in [2.75, 3.05) is 6.54 Å². The molecule has 0 radical (unpaired) electrons. The third-order valence-corrected chi connectivity index (χ3v) is 4.79. The van der Waals surface area contributed by atoms with Crippen LogP contribution in [0.15, 0.2) is 30.5 Å². The van der Waals surface area contributed by atoms with Crippen molar-refractivity contribution in [2.24, 2.45) is 0 Å². The Kier molecular flexibility index (Phi) is 3.59. The van der Waals surface area contributed by atoms with Crippen LogP contribution < -0.4 is 0 Å². The largest absolute Gasteiger partial charge is 0.330 e. The van der Waals surface area contributed by atoms with Gasteiger partial charge in [0.1, 0.15) is 0 Å². The van der Waals surface area contributed by atoms with Gasteiger partial charge in [0.25, 0.3) is 5.91 Å². The highest BCUT2D eigenvalue weighted by molar-refractivity contribution is 6.00. The summed E-state index contributed by atoms with van der Waals surface area (Å²) in [4.78, 5) is 15.2. The van der Waals surface area contributed by atoms with Gasteiger partial charge in [-0.2, -0.15) is 10.2 Å². The minimum Gasteiger partial charge on any atom is -0.330 e. The van der Waals surface area contributed by atoms with Crippen LogP contribution in [0.5, 0.6) is 0 Å². The number of rotatable bonds is 2. The van der Waals surface area contributed by atoms with Crippen LogP contribution in [0, 0.1) is 13.8 Å². The van der Waals surface area contributed by atoms with Crippen molar-refractivity contribution in [3.63, 3.8) is 0 Å². The van der Waals surface area contributed by atoms with Gasteiger partial charge in [0.05, 0.1) is 29.0 Å². The Labute approximate surface area is 140 Å².